The summed E-state index contributed by atoms with van der Waals surface area (Å²) in [5.74, 6) is 1.03. The maximum atomic E-state index is 9.27. The molecule has 1 aromatic rings. The highest BCUT2D eigenvalue weighted by Gasteiger charge is 2.30. The van der Waals surface area contributed by atoms with E-state index >= 15 is 0 Å². The minimum Gasteiger partial charge on any atom is -0.469 e. The predicted octanol–water partition coefficient (Wildman–Crippen LogP) is 0.990. The van der Waals surface area contributed by atoms with E-state index in [1.807, 2.05) is 13.0 Å². The number of aliphatic hydroxyl groups is 2. The van der Waals surface area contributed by atoms with Crippen LogP contribution in [0.3, 0.4) is 0 Å². The molecule has 1 aliphatic rings. The molecular weight excluding hydrogens is 206 g/mol. The third kappa shape index (κ3) is 2.14. The number of aliphatic hydroxyl groups excluding tert-OH is 2. The average molecular weight is 225 g/mol. The highest BCUT2D eigenvalue weighted by atomic mass is 16.3. The first kappa shape index (κ1) is 11.6. The Labute approximate surface area is 95.3 Å². The SMILES string of the molecule is CC(CO)(CO)NC1CCCc2occc21. The van der Waals surface area contributed by atoms with Gasteiger partial charge in [-0.15, -0.1) is 0 Å². The second kappa shape index (κ2) is 4.57. The quantitative estimate of drug-likeness (QED) is 0.715. The number of furan rings is 1. The standard InChI is InChI=1S/C12H19NO3/c1-12(7-14,8-15)13-10-3-2-4-11-9(10)5-6-16-11/h5-6,10,13-15H,2-4,7-8H2,1H3. The summed E-state index contributed by atoms with van der Waals surface area (Å²) in [6.45, 7) is 1.67. The number of hydrogen-bond donors (Lipinski definition) is 3. The molecule has 1 aromatic heterocycles. The number of nitrogens with one attached hydrogen (secondary N) is 1. The molecule has 0 saturated heterocycles. The molecule has 1 unspecified atom stereocenters. The molecular formula is C12H19NO3. The van der Waals surface area contributed by atoms with Crippen molar-refractivity contribution >= 4 is 0 Å². The van der Waals surface area contributed by atoms with E-state index in [4.69, 9.17) is 4.42 Å². The number of fused-ring (bicyclic) bond motifs is 1. The second-order valence-corrected chi connectivity index (χ2v) is 4.77. The van der Waals surface area contributed by atoms with Gasteiger partial charge in [-0.2, -0.15) is 0 Å². The third-order valence-corrected chi connectivity index (χ3v) is 3.27. The van der Waals surface area contributed by atoms with E-state index in [-0.39, 0.29) is 19.3 Å². The zero-order valence-electron chi connectivity index (χ0n) is 9.57. The van der Waals surface area contributed by atoms with Crippen molar-refractivity contribution in [2.24, 2.45) is 0 Å². The molecule has 4 nitrogen and oxygen atoms in total. The average Bonchev–Trinajstić information content (AvgIpc) is 2.78. The molecule has 16 heavy (non-hydrogen) atoms. The van der Waals surface area contributed by atoms with Crippen LogP contribution in [0.1, 0.15) is 37.1 Å². The van der Waals surface area contributed by atoms with E-state index in [1.165, 1.54) is 5.56 Å². The van der Waals surface area contributed by atoms with Gasteiger partial charge in [0.25, 0.3) is 0 Å². The number of aryl methyl sites for hydroxylation is 1. The maximum Gasteiger partial charge on any atom is 0.108 e. The minimum absolute atomic E-state index is 0.0762. The van der Waals surface area contributed by atoms with Crippen molar-refractivity contribution in [2.75, 3.05) is 13.2 Å². The van der Waals surface area contributed by atoms with Crippen LogP contribution in [-0.2, 0) is 6.42 Å². The summed E-state index contributed by atoms with van der Waals surface area (Å²) >= 11 is 0. The summed E-state index contributed by atoms with van der Waals surface area (Å²) in [6, 6.07) is 2.15. The van der Waals surface area contributed by atoms with E-state index < -0.39 is 5.54 Å². The molecule has 0 aromatic carbocycles. The highest BCUT2D eigenvalue weighted by molar-refractivity contribution is 5.24. The van der Waals surface area contributed by atoms with Crippen molar-refractivity contribution in [3.8, 4) is 0 Å². The van der Waals surface area contributed by atoms with Crippen molar-refractivity contribution < 1.29 is 14.6 Å². The molecule has 0 radical (unpaired) electrons. The molecule has 90 valence electrons. The minimum atomic E-state index is -0.628. The molecule has 0 saturated carbocycles. The van der Waals surface area contributed by atoms with Crippen LogP contribution in [0.4, 0.5) is 0 Å². The van der Waals surface area contributed by atoms with E-state index in [9.17, 15) is 10.2 Å². The number of rotatable bonds is 4. The van der Waals surface area contributed by atoms with E-state index in [0.29, 0.717) is 0 Å². The smallest absolute Gasteiger partial charge is 0.108 e. The summed E-state index contributed by atoms with van der Waals surface area (Å²) in [6.07, 6.45) is 4.78. The van der Waals surface area contributed by atoms with Crippen LogP contribution in [0.5, 0.6) is 0 Å². The Morgan fingerprint density at radius 1 is 1.50 bits per heavy atom. The van der Waals surface area contributed by atoms with Crippen LogP contribution in [-0.4, -0.2) is 29.0 Å². The molecule has 4 heteroatoms. The van der Waals surface area contributed by atoms with Crippen molar-refractivity contribution in [2.45, 2.75) is 37.8 Å². The number of hydrogen-bond acceptors (Lipinski definition) is 4. The lowest BCUT2D eigenvalue weighted by atomic mass is 9.91. The Morgan fingerprint density at radius 2 is 2.25 bits per heavy atom. The van der Waals surface area contributed by atoms with Crippen LogP contribution >= 0.6 is 0 Å². The predicted molar refractivity (Wildman–Crippen MR) is 60.1 cm³/mol. The lowest BCUT2D eigenvalue weighted by molar-refractivity contribution is 0.0910. The molecule has 0 amide bonds. The van der Waals surface area contributed by atoms with Gasteiger partial charge in [-0.1, -0.05) is 0 Å². The van der Waals surface area contributed by atoms with Crippen molar-refractivity contribution in [1.82, 2.24) is 5.32 Å². The lowest BCUT2D eigenvalue weighted by Crippen LogP contribution is -2.50. The summed E-state index contributed by atoms with van der Waals surface area (Å²) < 4.78 is 5.40. The first-order valence-electron chi connectivity index (χ1n) is 5.74. The zero-order chi connectivity index (χ0) is 11.6. The van der Waals surface area contributed by atoms with Gasteiger partial charge in [-0.05, 0) is 25.8 Å². The van der Waals surface area contributed by atoms with Crippen molar-refractivity contribution in [1.29, 1.82) is 0 Å². The molecule has 0 aliphatic heterocycles. The molecule has 0 fully saturated rings. The molecule has 1 atom stereocenters. The fraction of sp³-hybridized carbons (Fsp3) is 0.667. The van der Waals surface area contributed by atoms with Gasteiger partial charge in [0.1, 0.15) is 5.76 Å². The van der Waals surface area contributed by atoms with Crippen molar-refractivity contribution in [3.63, 3.8) is 0 Å². The van der Waals surface area contributed by atoms with E-state index in [1.54, 1.807) is 6.26 Å². The summed E-state index contributed by atoms with van der Waals surface area (Å²) in [7, 11) is 0. The molecule has 1 heterocycles. The van der Waals surface area contributed by atoms with Gasteiger partial charge in [0, 0.05) is 18.0 Å². The largest absolute Gasteiger partial charge is 0.469 e. The van der Waals surface area contributed by atoms with Gasteiger partial charge < -0.3 is 19.9 Å². The van der Waals surface area contributed by atoms with Gasteiger partial charge in [0.2, 0.25) is 0 Å². The van der Waals surface area contributed by atoms with Crippen LogP contribution < -0.4 is 5.32 Å². The molecule has 2 rings (SSSR count). The van der Waals surface area contributed by atoms with Gasteiger partial charge in [-0.25, -0.2) is 0 Å². The fourth-order valence-electron chi connectivity index (χ4n) is 2.20. The van der Waals surface area contributed by atoms with E-state index in [2.05, 4.69) is 5.32 Å². The van der Waals surface area contributed by atoms with Gasteiger partial charge in [0.05, 0.1) is 25.0 Å². The highest BCUT2D eigenvalue weighted by Crippen LogP contribution is 2.31. The van der Waals surface area contributed by atoms with Crippen molar-refractivity contribution in [3.05, 3.63) is 23.7 Å². The second-order valence-electron chi connectivity index (χ2n) is 4.77. The van der Waals surface area contributed by atoms with Gasteiger partial charge in [-0.3, -0.25) is 0 Å². The van der Waals surface area contributed by atoms with Crippen LogP contribution in [0.15, 0.2) is 16.7 Å². The maximum absolute atomic E-state index is 9.27. The summed E-state index contributed by atoms with van der Waals surface area (Å²) in [4.78, 5) is 0. The Bertz CT molecular complexity index is 344. The Morgan fingerprint density at radius 3 is 2.94 bits per heavy atom. The Hall–Kier alpha value is -0.840. The monoisotopic (exact) mass is 225 g/mol. The fourth-order valence-corrected chi connectivity index (χ4v) is 2.20. The Kier molecular flexibility index (Phi) is 3.33. The third-order valence-electron chi connectivity index (χ3n) is 3.27. The molecule has 1 aliphatic carbocycles. The topological polar surface area (TPSA) is 65.6 Å². The summed E-state index contributed by atoms with van der Waals surface area (Å²) in [5.41, 5.74) is 0.538. The van der Waals surface area contributed by atoms with E-state index in [0.717, 1.165) is 25.0 Å². The lowest BCUT2D eigenvalue weighted by Gasteiger charge is -2.33. The first-order chi connectivity index (χ1) is 7.68. The Balaban J connectivity index is 2.13. The molecule has 0 bridgehead atoms. The normalized spacial score (nSPS) is 20.8. The van der Waals surface area contributed by atoms with Crippen LogP contribution in [0, 0.1) is 0 Å². The van der Waals surface area contributed by atoms with Gasteiger partial charge in [0.15, 0.2) is 0 Å². The van der Waals surface area contributed by atoms with Gasteiger partial charge >= 0.3 is 0 Å². The first-order valence-corrected chi connectivity index (χ1v) is 5.74. The zero-order valence-corrected chi connectivity index (χ0v) is 9.57. The van der Waals surface area contributed by atoms with Crippen LogP contribution in [0.25, 0.3) is 0 Å². The molecule has 0 spiro atoms. The van der Waals surface area contributed by atoms with Crippen LogP contribution in [0.2, 0.25) is 0 Å². The molecule has 3 N–H and O–H groups in total. The summed E-state index contributed by atoms with van der Waals surface area (Å²) in [5, 5.41) is 21.9.